The fourth-order valence-corrected chi connectivity index (χ4v) is 11.0. The van der Waals surface area contributed by atoms with Crippen molar-refractivity contribution >= 4 is 67.7 Å². The highest BCUT2D eigenvalue weighted by molar-refractivity contribution is 6.89. The number of para-hydroxylation sites is 1. The summed E-state index contributed by atoms with van der Waals surface area (Å²) in [6, 6.07) is 49.0. The van der Waals surface area contributed by atoms with Gasteiger partial charge in [-0.3, -0.25) is 0 Å². The first-order valence-corrected chi connectivity index (χ1v) is 24.0. The SMILES string of the molecule is Cc1cccc(C)c1-c1nc2c3c(cc4c5cc(C(C)(C)C)ccc5n(-c5ccccc5)c42)-c2cc(C(C)(C)C)cc4c2B(c2cc(C(C)(C)C)ccc2N4c2ccc(C(C)(C)C)cc2)n13. The minimum absolute atomic E-state index is 0.0218. The summed E-state index contributed by atoms with van der Waals surface area (Å²) in [6.45, 7) is 32.3. The Morgan fingerprint density at radius 3 is 1.71 bits per heavy atom. The summed E-state index contributed by atoms with van der Waals surface area (Å²) in [5, 5.41) is 2.49. The molecule has 0 amide bonds. The highest BCUT2D eigenvalue weighted by Crippen LogP contribution is 2.50. The van der Waals surface area contributed by atoms with Gasteiger partial charge in [-0.25, -0.2) is 4.98 Å². The highest BCUT2D eigenvalue weighted by Gasteiger charge is 2.45. The van der Waals surface area contributed by atoms with Gasteiger partial charge in [0.05, 0.1) is 16.6 Å². The molecular weight excluding hydrogens is 800 g/mol. The summed E-state index contributed by atoms with van der Waals surface area (Å²) in [7, 11) is 0. The van der Waals surface area contributed by atoms with Crippen LogP contribution < -0.4 is 15.8 Å². The Labute approximate surface area is 392 Å². The van der Waals surface area contributed by atoms with Crippen molar-refractivity contribution in [3.8, 4) is 28.2 Å². The Bertz CT molecular complexity index is 3440. The third-order valence-corrected chi connectivity index (χ3v) is 14.8. The van der Waals surface area contributed by atoms with Crippen molar-refractivity contribution in [1.29, 1.82) is 0 Å². The van der Waals surface area contributed by atoms with E-state index < -0.39 is 0 Å². The predicted octanol–water partition coefficient (Wildman–Crippen LogP) is 15.0. The minimum atomic E-state index is -0.141. The van der Waals surface area contributed by atoms with Crippen molar-refractivity contribution in [2.24, 2.45) is 0 Å². The van der Waals surface area contributed by atoms with Crippen molar-refractivity contribution in [2.75, 3.05) is 4.90 Å². The van der Waals surface area contributed by atoms with Crippen LogP contribution in [0.2, 0.25) is 0 Å². The van der Waals surface area contributed by atoms with E-state index in [0.29, 0.717) is 0 Å². The Balaban J connectivity index is 1.37. The number of hydrogen-bond donors (Lipinski definition) is 0. The fraction of sp³-hybridized carbons (Fsp3) is 0.295. The van der Waals surface area contributed by atoms with Gasteiger partial charge in [-0.15, -0.1) is 0 Å². The average Bonchev–Trinajstić information content (AvgIpc) is 3.80. The first-order chi connectivity index (χ1) is 31.1. The van der Waals surface area contributed by atoms with Gasteiger partial charge in [0.2, 0.25) is 0 Å². The van der Waals surface area contributed by atoms with Crippen molar-refractivity contribution in [1.82, 2.24) is 14.0 Å². The molecule has 0 saturated heterocycles. The van der Waals surface area contributed by atoms with Crippen LogP contribution in [0.4, 0.5) is 17.1 Å². The molecular formula is C61H63BN4. The van der Waals surface area contributed by atoms with Crippen LogP contribution in [-0.2, 0) is 21.7 Å². The highest BCUT2D eigenvalue weighted by atomic mass is 15.2. The molecule has 330 valence electrons. The molecule has 0 spiro atoms. The normalized spacial score (nSPS) is 13.8. The molecule has 0 aliphatic carbocycles. The Kier molecular flexibility index (Phi) is 9.04. The van der Waals surface area contributed by atoms with Crippen molar-refractivity contribution in [3.63, 3.8) is 0 Å². The Morgan fingerprint density at radius 1 is 0.470 bits per heavy atom. The predicted molar refractivity (Wildman–Crippen MR) is 284 cm³/mol. The topological polar surface area (TPSA) is 26.0 Å². The molecule has 5 heteroatoms. The maximum absolute atomic E-state index is 6.05. The van der Waals surface area contributed by atoms with E-state index in [9.17, 15) is 0 Å². The number of nitrogens with zero attached hydrogens (tertiary/aromatic N) is 4. The number of hydrogen-bond acceptors (Lipinski definition) is 2. The van der Waals surface area contributed by atoms with Gasteiger partial charge in [0.15, 0.2) is 0 Å². The quantitative estimate of drug-likeness (QED) is 0.165. The largest absolute Gasteiger partial charge is 0.359 e. The molecule has 0 fully saturated rings. The lowest BCUT2D eigenvalue weighted by molar-refractivity contribution is 0.589. The number of aromatic nitrogens is 3. The van der Waals surface area contributed by atoms with E-state index >= 15 is 0 Å². The second-order valence-corrected chi connectivity index (χ2v) is 23.5. The van der Waals surface area contributed by atoms with Crippen molar-refractivity contribution < 1.29 is 0 Å². The van der Waals surface area contributed by atoms with Crippen molar-refractivity contribution in [2.45, 2.75) is 119 Å². The molecule has 0 unspecified atom stereocenters. The van der Waals surface area contributed by atoms with Gasteiger partial charge < -0.3 is 13.9 Å². The van der Waals surface area contributed by atoms with Crippen LogP contribution in [0, 0.1) is 13.8 Å². The lowest BCUT2D eigenvalue weighted by atomic mass is 9.44. The number of rotatable bonds is 3. The van der Waals surface area contributed by atoms with Gasteiger partial charge in [0.1, 0.15) is 11.3 Å². The molecule has 0 atom stereocenters. The summed E-state index contributed by atoms with van der Waals surface area (Å²) in [5.41, 5.74) is 23.3. The van der Waals surface area contributed by atoms with Crippen LogP contribution in [-0.4, -0.2) is 20.9 Å². The van der Waals surface area contributed by atoms with Crippen LogP contribution in [0.5, 0.6) is 0 Å². The molecule has 4 nitrogen and oxygen atoms in total. The van der Waals surface area contributed by atoms with E-state index in [1.807, 2.05) is 0 Å². The van der Waals surface area contributed by atoms with Crippen LogP contribution >= 0.6 is 0 Å². The lowest BCUT2D eigenvalue weighted by Crippen LogP contribution is -2.57. The smallest absolute Gasteiger partial charge is 0.334 e. The zero-order valence-corrected chi connectivity index (χ0v) is 41.5. The molecule has 2 aromatic heterocycles. The lowest BCUT2D eigenvalue weighted by Gasteiger charge is -2.42. The van der Waals surface area contributed by atoms with Crippen molar-refractivity contribution in [3.05, 3.63) is 161 Å². The molecule has 0 saturated carbocycles. The molecule has 2 aliphatic rings. The molecule has 9 aromatic rings. The Hall–Kier alpha value is -6.33. The summed E-state index contributed by atoms with van der Waals surface area (Å²) in [4.78, 5) is 8.62. The maximum Gasteiger partial charge on any atom is 0.334 e. The van der Waals surface area contributed by atoms with Gasteiger partial charge in [-0.05, 0) is 140 Å². The standard InChI is InChI=1S/C61H63BN4/c1-36-19-18-20-37(2)52(36)57-63-54-55-46(44-31-39(59(6,7)8)25-29-49(44)65(55)42-21-16-15-17-22-42)35-47-45-32-41(61(12,13)14)34-51-53(45)62(66(57)56(47)54)48-33-40(60(9,10)11)26-30-50(48)64(51)43-27-23-38(24-28-43)58(3,4)5/h15-35H,1-14H3. The molecule has 4 heterocycles. The van der Waals surface area contributed by atoms with Gasteiger partial charge in [0, 0.05) is 44.6 Å². The van der Waals surface area contributed by atoms with Crippen LogP contribution in [0.15, 0.2) is 127 Å². The summed E-state index contributed by atoms with van der Waals surface area (Å²) in [5.74, 6) is 1.02. The number of anilines is 3. The van der Waals surface area contributed by atoms with E-state index in [1.54, 1.807) is 0 Å². The third-order valence-electron chi connectivity index (χ3n) is 14.8. The summed E-state index contributed by atoms with van der Waals surface area (Å²) >= 11 is 0. The molecule has 0 bridgehead atoms. The van der Waals surface area contributed by atoms with Crippen LogP contribution in [0.25, 0.3) is 61.0 Å². The van der Waals surface area contributed by atoms with Gasteiger partial charge in [-0.1, -0.05) is 156 Å². The number of fused-ring (bicyclic) bond motifs is 8. The average molecular weight is 863 g/mol. The third kappa shape index (κ3) is 6.29. The maximum atomic E-state index is 6.05. The second kappa shape index (κ2) is 14.1. The van der Waals surface area contributed by atoms with E-state index in [4.69, 9.17) is 4.98 Å². The molecule has 7 aromatic carbocycles. The van der Waals surface area contributed by atoms with E-state index in [0.717, 1.165) is 22.5 Å². The van der Waals surface area contributed by atoms with Gasteiger partial charge >= 0.3 is 6.85 Å². The zero-order chi connectivity index (χ0) is 46.6. The molecule has 66 heavy (non-hydrogen) atoms. The van der Waals surface area contributed by atoms with Gasteiger partial charge in [-0.2, -0.15) is 0 Å². The molecule has 0 radical (unpaired) electrons. The molecule has 0 N–H and O–H groups in total. The first-order valence-electron chi connectivity index (χ1n) is 24.0. The van der Waals surface area contributed by atoms with E-state index in [-0.39, 0.29) is 28.5 Å². The van der Waals surface area contributed by atoms with Gasteiger partial charge in [0.25, 0.3) is 0 Å². The monoisotopic (exact) mass is 863 g/mol. The summed E-state index contributed by atoms with van der Waals surface area (Å²) in [6.07, 6.45) is 0. The van der Waals surface area contributed by atoms with E-state index in [2.05, 4.69) is 238 Å². The number of benzene rings is 7. The van der Waals surface area contributed by atoms with Crippen LogP contribution in [0.3, 0.4) is 0 Å². The molecule has 2 aliphatic heterocycles. The zero-order valence-electron chi connectivity index (χ0n) is 41.5. The Morgan fingerprint density at radius 2 is 1.08 bits per heavy atom. The number of aryl methyl sites for hydroxylation is 2. The number of imidazole rings is 1. The van der Waals surface area contributed by atoms with Crippen LogP contribution in [0.1, 0.15) is 116 Å². The van der Waals surface area contributed by atoms with E-state index in [1.165, 1.54) is 99.9 Å². The fourth-order valence-electron chi connectivity index (χ4n) is 11.0. The minimum Gasteiger partial charge on any atom is -0.359 e. The summed E-state index contributed by atoms with van der Waals surface area (Å²) < 4.78 is 5.16. The second-order valence-electron chi connectivity index (χ2n) is 23.5. The first kappa shape index (κ1) is 42.3. The molecule has 11 rings (SSSR count).